The molecule has 0 amide bonds. The minimum absolute atomic E-state index is 0.309. The number of aliphatic imine (C=N–C) groups is 3. The summed E-state index contributed by atoms with van der Waals surface area (Å²) in [5.41, 5.74) is 8.00. The zero-order chi connectivity index (χ0) is 34.2. The van der Waals surface area contributed by atoms with E-state index in [9.17, 15) is 0 Å². The minimum atomic E-state index is -0.728. The van der Waals surface area contributed by atoms with Gasteiger partial charge in [-0.15, -0.1) is 0 Å². The summed E-state index contributed by atoms with van der Waals surface area (Å²) >= 11 is 0. The summed E-state index contributed by atoms with van der Waals surface area (Å²) in [4.78, 5) is 20.1. The minimum Gasteiger partial charge on any atom is -0.342 e. The zero-order valence-electron chi connectivity index (χ0n) is 28.6. The molecule has 3 heterocycles. The van der Waals surface area contributed by atoms with Crippen LogP contribution >= 0.6 is 0 Å². The molecule has 1 N–H and O–H groups in total. The van der Waals surface area contributed by atoms with E-state index in [1.54, 1.807) is 0 Å². The number of dihydropyridines is 1. The fourth-order valence-corrected chi connectivity index (χ4v) is 7.95. The fraction of sp³-hybridized carbons (Fsp3) is 0.174. The maximum atomic E-state index is 5.31. The van der Waals surface area contributed by atoms with Gasteiger partial charge in [-0.05, 0) is 60.1 Å². The first-order valence-electron chi connectivity index (χ1n) is 17.9. The van der Waals surface area contributed by atoms with E-state index in [1.807, 2.05) is 24.5 Å². The molecule has 5 aromatic rings. The van der Waals surface area contributed by atoms with Crippen LogP contribution in [-0.4, -0.2) is 28.9 Å². The molecule has 2 aliphatic heterocycles. The molecule has 9 rings (SSSR count). The highest BCUT2D eigenvalue weighted by atomic mass is 15.2. The van der Waals surface area contributed by atoms with Crippen molar-refractivity contribution in [2.24, 2.45) is 32.7 Å². The van der Waals surface area contributed by atoms with Crippen molar-refractivity contribution in [3.05, 3.63) is 175 Å². The number of pyridine rings is 1. The second kappa shape index (κ2) is 13.1. The van der Waals surface area contributed by atoms with E-state index >= 15 is 0 Å². The van der Waals surface area contributed by atoms with Gasteiger partial charge in [-0.2, -0.15) is 0 Å². The smallest absolute Gasteiger partial charge is 0.159 e. The highest BCUT2D eigenvalue weighted by Gasteiger charge is 2.36. The number of aromatic nitrogens is 1. The molecule has 2 aliphatic carbocycles. The Bertz CT molecular complexity index is 2300. The molecule has 0 spiro atoms. The van der Waals surface area contributed by atoms with Crippen LogP contribution in [0.25, 0.3) is 33.2 Å². The van der Waals surface area contributed by atoms with E-state index in [1.165, 1.54) is 11.1 Å². The van der Waals surface area contributed by atoms with Crippen LogP contribution in [0, 0.1) is 17.8 Å². The van der Waals surface area contributed by atoms with Crippen molar-refractivity contribution in [2.45, 2.75) is 31.5 Å². The molecular formula is C46H39N5. The molecule has 5 atom stereocenters. The fourth-order valence-electron chi connectivity index (χ4n) is 7.95. The summed E-state index contributed by atoms with van der Waals surface area (Å²) in [6, 6.07) is 38.5. The van der Waals surface area contributed by atoms with Gasteiger partial charge in [0.2, 0.25) is 0 Å². The standard InChI is InChI=1S/C46H39N5/c1-46(39-27-25-32(26-28-39)31-9-3-2-4-10-31)50-44(37-21-17-33(18-22-37)40-15-5-11-35-13-7-29-47-42(35)40)49-45(51-46)38-23-19-34(20-24-38)41-16-6-12-36-14-8-30-48-43(36)41/h2-11,13-19,21-30,34,36,41,43H,12,20H2,1H3,(H,49,50,51)/t34?,36?,41?,43-,46?/m1/s1. The Labute approximate surface area is 299 Å². The molecule has 0 fully saturated rings. The van der Waals surface area contributed by atoms with E-state index in [-0.39, 0.29) is 0 Å². The largest absolute Gasteiger partial charge is 0.342 e. The third-order valence-corrected chi connectivity index (χ3v) is 10.8. The molecular weight excluding hydrogens is 623 g/mol. The Morgan fingerprint density at radius 3 is 2.31 bits per heavy atom. The molecule has 0 saturated carbocycles. The van der Waals surface area contributed by atoms with E-state index < -0.39 is 5.66 Å². The molecule has 0 bridgehead atoms. The maximum absolute atomic E-state index is 5.31. The van der Waals surface area contributed by atoms with Gasteiger partial charge in [0.15, 0.2) is 11.5 Å². The number of rotatable bonds is 6. The average Bonchev–Trinajstić information content (AvgIpc) is 3.21. The first-order valence-corrected chi connectivity index (χ1v) is 17.9. The quantitative estimate of drug-likeness (QED) is 0.184. The summed E-state index contributed by atoms with van der Waals surface area (Å²) in [5.74, 6) is 2.82. The lowest BCUT2D eigenvalue weighted by Crippen LogP contribution is -2.46. The third-order valence-electron chi connectivity index (χ3n) is 10.8. The van der Waals surface area contributed by atoms with Crippen molar-refractivity contribution >= 4 is 28.8 Å². The average molecular weight is 662 g/mol. The molecule has 0 saturated heterocycles. The number of hydrogen-bond acceptors (Lipinski definition) is 5. The first kappa shape index (κ1) is 31.1. The van der Waals surface area contributed by atoms with Crippen molar-refractivity contribution in [1.29, 1.82) is 0 Å². The van der Waals surface area contributed by atoms with E-state index in [0.29, 0.717) is 29.6 Å². The van der Waals surface area contributed by atoms with Gasteiger partial charge in [0.1, 0.15) is 5.84 Å². The van der Waals surface area contributed by atoms with Gasteiger partial charge in [-0.25, -0.2) is 9.98 Å². The van der Waals surface area contributed by atoms with Gasteiger partial charge in [0.25, 0.3) is 0 Å². The summed E-state index contributed by atoms with van der Waals surface area (Å²) in [6.07, 6.45) is 21.9. The second-order valence-corrected chi connectivity index (χ2v) is 14.0. The highest BCUT2D eigenvalue weighted by molar-refractivity contribution is 6.14. The predicted molar refractivity (Wildman–Crippen MR) is 211 cm³/mol. The van der Waals surface area contributed by atoms with Gasteiger partial charge in [-0.1, -0.05) is 140 Å². The van der Waals surface area contributed by atoms with Crippen LogP contribution in [-0.2, 0) is 5.66 Å². The maximum Gasteiger partial charge on any atom is 0.159 e. The van der Waals surface area contributed by atoms with E-state index in [4.69, 9.17) is 15.0 Å². The highest BCUT2D eigenvalue weighted by Crippen LogP contribution is 2.38. The van der Waals surface area contributed by atoms with Gasteiger partial charge >= 0.3 is 0 Å². The molecule has 4 unspecified atom stereocenters. The summed E-state index contributed by atoms with van der Waals surface area (Å²) in [7, 11) is 0. The van der Waals surface area contributed by atoms with Crippen LogP contribution in [0.2, 0.25) is 0 Å². The van der Waals surface area contributed by atoms with Crippen molar-refractivity contribution in [3.63, 3.8) is 0 Å². The lowest BCUT2D eigenvalue weighted by molar-refractivity contribution is 0.320. The molecule has 248 valence electrons. The molecule has 5 heteroatoms. The predicted octanol–water partition coefficient (Wildman–Crippen LogP) is 9.89. The van der Waals surface area contributed by atoms with Crippen molar-refractivity contribution in [1.82, 2.24) is 10.3 Å². The van der Waals surface area contributed by atoms with Crippen LogP contribution in [0.15, 0.2) is 178 Å². The Hall–Kier alpha value is -5.94. The van der Waals surface area contributed by atoms with Crippen molar-refractivity contribution in [3.8, 4) is 22.3 Å². The molecule has 0 radical (unpaired) electrons. The normalized spacial score (nSPS) is 25.1. The lowest BCUT2D eigenvalue weighted by atomic mass is 9.72. The number of nitrogens with one attached hydrogen (secondary N) is 1. The molecule has 51 heavy (non-hydrogen) atoms. The summed E-state index contributed by atoms with van der Waals surface area (Å²) in [5, 5.41) is 4.89. The van der Waals surface area contributed by atoms with Gasteiger partial charge in [-0.3, -0.25) is 9.98 Å². The van der Waals surface area contributed by atoms with Gasteiger partial charge < -0.3 is 5.32 Å². The Kier molecular flexibility index (Phi) is 7.96. The van der Waals surface area contributed by atoms with E-state index in [0.717, 1.165) is 57.4 Å². The number of hydrogen-bond donors (Lipinski definition) is 1. The molecule has 1 aromatic heterocycles. The third kappa shape index (κ3) is 5.99. The number of para-hydroxylation sites is 1. The number of benzene rings is 4. The summed E-state index contributed by atoms with van der Waals surface area (Å²) < 4.78 is 0. The number of nitrogens with zero attached hydrogens (tertiary/aromatic N) is 4. The summed E-state index contributed by atoms with van der Waals surface area (Å²) in [6.45, 7) is 2.15. The molecule has 4 aliphatic rings. The number of allylic oxidation sites excluding steroid dienone is 4. The van der Waals surface area contributed by atoms with E-state index in [2.05, 4.69) is 157 Å². The van der Waals surface area contributed by atoms with Crippen molar-refractivity contribution < 1.29 is 0 Å². The zero-order valence-corrected chi connectivity index (χ0v) is 28.6. The van der Waals surface area contributed by atoms with Crippen molar-refractivity contribution in [2.75, 3.05) is 0 Å². The Morgan fingerprint density at radius 1 is 0.706 bits per heavy atom. The van der Waals surface area contributed by atoms with Crippen LogP contribution in [0.3, 0.4) is 0 Å². The number of amidine groups is 2. The first-order chi connectivity index (χ1) is 25.1. The SMILES string of the molecule is CC1(c2ccc(-c3ccccc3)cc2)N=C(c2ccc(-c3cccc4cccnc34)cc2)N=C(C2=CCC(C3C=CCC4C=CC=N[C@H]43)C=C2)N1. The van der Waals surface area contributed by atoms with Crippen LogP contribution in [0.4, 0.5) is 0 Å². The Morgan fingerprint density at radius 2 is 1.49 bits per heavy atom. The van der Waals surface area contributed by atoms with Gasteiger partial charge in [0, 0.05) is 46.3 Å². The van der Waals surface area contributed by atoms with Crippen LogP contribution in [0.1, 0.15) is 30.9 Å². The topological polar surface area (TPSA) is 62.0 Å². The molecule has 4 aromatic carbocycles. The molecule has 5 nitrogen and oxygen atoms in total. The number of fused-ring (bicyclic) bond motifs is 2. The monoisotopic (exact) mass is 661 g/mol. The van der Waals surface area contributed by atoms with Crippen LogP contribution < -0.4 is 5.32 Å². The van der Waals surface area contributed by atoms with Gasteiger partial charge in [0.05, 0.1) is 11.6 Å². The van der Waals surface area contributed by atoms with Crippen LogP contribution in [0.5, 0.6) is 0 Å². The lowest BCUT2D eigenvalue weighted by Gasteiger charge is -2.37. The Balaban J connectivity index is 1.05. The second-order valence-electron chi connectivity index (χ2n) is 14.0.